The molecular weight excluding hydrogens is 372 g/mol. The second-order valence-corrected chi connectivity index (χ2v) is 6.46. The van der Waals surface area contributed by atoms with E-state index in [0.29, 0.717) is 18.5 Å². The Balaban J connectivity index is 2.09. The summed E-state index contributed by atoms with van der Waals surface area (Å²) in [6.07, 6.45) is 0. The largest absolute Gasteiger partial charge is 0.494 e. The molecular formula is C18H17BrN2O3. The Hall–Kier alpha value is -2.34. The average Bonchev–Trinajstić information content (AvgIpc) is 2.81. The molecule has 0 radical (unpaired) electrons. The van der Waals surface area contributed by atoms with Crippen LogP contribution < -0.4 is 4.74 Å². The van der Waals surface area contributed by atoms with Crippen LogP contribution in [0.1, 0.15) is 18.1 Å². The number of aromatic hydroxyl groups is 1. The highest BCUT2D eigenvalue weighted by Crippen LogP contribution is 2.41. The standard InChI is InChI=1S/C18H17BrN2O3/c1-3-24-14-6-4-12(5-7-14)10-21-17-11(2)8-13(19)9-15(17)16(20-23)18(21)22/h4-9,22H,3,10H2,1-2H3. The van der Waals surface area contributed by atoms with Crippen molar-refractivity contribution < 1.29 is 9.84 Å². The van der Waals surface area contributed by atoms with E-state index in [1.807, 2.05) is 44.2 Å². The summed E-state index contributed by atoms with van der Waals surface area (Å²) in [7, 11) is 0. The Morgan fingerprint density at radius 3 is 2.58 bits per heavy atom. The van der Waals surface area contributed by atoms with Gasteiger partial charge in [0.1, 0.15) is 5.75 Å². The summed E-state index contributed by atoms with van der Waals surface area (Å²) in [6.45, 7) is 4.93. The molecule has 0 saturated carbocycles. The molecule has 0 spiro atoms. The first-order valence-corrected chi connectivity index (χ1v) is 8.40. The Kier molecular flexibility index (Phi) is 4.57. The SMILES string of the molecule is CCOc1ccc(Cn2c(O)c(N=O)c3cc(Br)cc(C)c32)cc1. The van der Waals surface area contributed by atoms with Crippen molar-refractivity contribution in [3.05, 3.63) is 56.9 Å². The van der Waals surface area contributed by atoms with Crippen molar-refractivity contribution in [1.29, 1.82) is 0 Å². The number of nitroso groups, excluding NO2 is 1. The molecule has 0 aliphatic rings. The van der Waals surface area contributed by atoms with Gasteiger partial charge in [-0.25, -0.2) is 0 Å². The van der Waals surface area contributed by atoms with Crippen LogP contribution in [-0.4, -0.2) is 16.3 Å². The van der Waals surface area contributed by atoms with E-state index in [1.165, 1.54) is 0 Å². The van der Waals surface area contributed by atoms with E-state index in [1.54, 1.807) is 10.6 Å². The minimum atomic E-state index is -0.116. The Morgan fingerprint density at radius 2 is 1.96 bits per heavy atom. The van der Waals surface area contributed by atoms with Gasteiger partial charge in [0.2, 0.25) is 5.88 Å². The van der Waals surface area contributed by atoms with E-state index in [0.717, 1.165) is 26.9 Å². The molecule has 0 fully saturated rings. The van der Waals surface area contributed by atoms with Gasteiger partial charge in [0.15, 0.2) is 5.69 Å². The quantitative estimate of drug-likeness (QED) is 0.606. The van der Waals surface area contributed by atoms with E-state index < -0.39 is 0 Å². The van der Waals surface area contributed by atoms with Crippen LogP contribution in [-0.2, 0) is 6.54 Å². The van der Waals surface area contributed by atoms with Crippen molar-refractivity contribution >= 4 is 32.5 Å². The van der Waals surface area contributed by atoms with Crippen LogP contribution in [0.5, 0.6) is 11.6 Å². The number of aryl methyl sites for hydroxylation is 1. The first-order valence-electron chi connectivity index (χ1n) is 7.61. The summed E-state index contributed by atoms with van der Waals surface area (Å²) >= 11 is 3.42. The van der Waals surface area contributed by atoms with Gasteiger partial charge in [0.05, 0.1) is 18.7 Å². The van der Waals surface area contributed by atoms with Gasteiger partial charge in [-0.05, 0) is 54.4 Å². The Bertz CT molecular complexity index is 901. The summed E-state index contributed by atoms with van der Waals surface area (Å²) in [5, 5.41) is 14.1. The zero-order valence-corrected chi connectivity index (χ0v) is 15.0. The minimum absolute atomic E-state index is 0.0698. The maximum atomic E-state index is 11.2. The zero-order chi connectivity index (χ0) is 17.3. The Morgan fingerprint density at radius 1 is 1.25 bits per heavy atom. The second-order valence-electron chi connectivity index (χ2n) is 5.55. The molecule has 0 aliphatic heterocycles. The maximum Gasteiger partial charge on any atom is 0.222 e. The molecule has 1 heterocycles. The molecule has 0 aliphatic carbocycles. The van der Waals surface area contributed by atoms with Crippen molar-refractivity contribution in [2.24, 2.45) is 5.18 Å². The van der Waals surface area contributed by atoms with Gasteiger partial charge in [0, 0.05) is 9.86 Å². The van der Waals surface area contributed by atoms with Crippen molar-refractivity contribution in [3.63, 3.8) is 0 Å². The summed E-state index contributed by atoms with van der Waals surface area (Å²) in [5.41, 5.74) is 2.82. The molecule has 0 atom stereocenters. The molecule has 0 saturated heterocycles. The van der Waals surface area contributed by atoms with Crippen molar-refractivity contribution in [2.75, 3.05) is 6.61 Å². The van der Waals surface area contributed by atoms with E-state index in [2.05, 4.69) is 21.1 Å². The normalized spacial score (nSPS) is 11.0. The summed E-state index contributed by atoms with van der Waals surface area (Å²) in [6, 6.07) is 11.4. The van der Waals surface area contributed by atoms with Crippen LogP contribution >= 0.6 is 15.9 Å². The fourth-order valence-electron chi connectivity index (χ4n) is 2.91. The van der Waals surface area contributed by atoms with Gasteiger partial charge in [-0.15, -0.1) is 4.91 Å². The van der Waals surface area contributed by atoms with E-state index in [4.69, 9.17) is 4.74 Å². The van der Waals surface area contributed by atoms with Gasteiger partial charge in [-0.1, -0.05) is 28.1 Å². The molecule has 0 unspecified atom stereocenters. The number of ether oxygens (including phenoxy) is 1. The third kappa shape index (κ3) is 2.89. The van der Waals surface area contributed by atoms with Crippen LogP contribution in [0.2, 0.25) is 0 Å². The lowest BCUT2D eigenvalue weighted by Crippen LogP contribution is -2.00. The van der Waals surface area contributed by atoms with Gasteiger partial charge in [-0.2, -0.15) is 0 Å². The van der Waals surface area contributed by atoms with Crippen molar-refractivity contribution in [2.45, 2.75) is 20.4 Å². The predicted octanol–water partition coefficient (Wildman–Crippen LogP) is 5.26. The minimum Gasteiger partial charge on any atom is -0.494 e. The van der Waals surface area contributed by atoms with Crippen LogP contribution in [0, 0.1) is 11.8 Å². The van der Waals surface area contributed by atoms with Crippen LogP contribution in [0.4, 0.5) is 5.69 Å². The number of halogens is 1. The molecule has 3 rings (SSSR count). The molecule has 6 heteroatoms. The average molecular weight is 389 g/mol. The van der Waals surface area contributed by atoms with E-state index in [-0.39, 0.29) is 11.6 Å². The molecule has 2 aromatic carbocycles. The monoisotopic (exact) mass is 388 g/mol. The first kappa shape index (κ1) is 16.5. The lowest BCUT2D eigenvalue weighted by molar-refractivity contribution is 0.340. The second kappa shape index (κ2) is 6.65. The summed E-state index contributed by atoms with van der Waals surface area (Å²) in [5.74, 6) is 0.688. The highest BCUT2D eigenvalue weighted by Gasteiger charge is 2.19. The smallest absolute Gasteiger partial charge is 0.222 e. The maximum absolute atomic E-state index is 11.2. The van der Waals surface area contributed by atoms with Crippen molar-refractivity contribution in [1.82, 2.24) is 4.57 Å². The van der Waals surface area contributed by atoms with Crippen molar-refractivity contribution in [3.8, 4) is 11.6 Å². The number of rotatable bonds is 5. The number of nitrogens with zero attached hydrogens (tertiary/aromatic N) is 2. The predicted molar refractivity (Wildman–Crippen MR) is 98.2 cm³/mol. The molecule has 0 amide bonds. The zero-order valence-electron chi connectivity index (χ0n) is 13.4. The molecule has 3 aromatic rings. The van der Waals surface area contributed by atoms with Gasteiger partial charge in [0.25, 0.3) is 0 Å². The molecule has 1 N–H and O–H groups in total. The molecule has 124 valence electrons. The lowest BCUT2D eigenvalue weighted by atomic mass is 10.1. The topological polar surface area (TPSA) is 63.8 Å². The molecule has 24 heavy (non-hydrogen) atoms. The molecule has 5 nitrogen and oxygen atoms in total. The first-order chi connectivity index (χ1) is 11.5. The van der Waals surface area contributed by atoms with Gasteiger partial charge in [-0.3, -0.25) is 0 Å². The number of aromatic nitrogens is 1. The number of hydrogen-bond donors (Lipinski definition) is 1. The van der Waals surface area contributed by atoms with Gasteiger partial charge < -0.3 is 14.4 Å². The summed E-state index contributed by atoms with van der Waals surface area (Å²) < 4.78 is 8.00. The lowest BCUT2D eigenvalue weighted by Gasteiger charge is -2.10. The highest BCUT2D eigenvalue weighted by molar-refractivity contribution is 9.10. The van der Waals surface area contributed by atoms with Crippen LogP contribution in [0.25, 0.3) is 10.9 Å². The third-order valence-electron chi connectivity index (χ3n) is 3.92. The number of hydrogen-bond acceptors (Lipinski definition) is 4. The Labute approximate surface area is 148 Å². The molecule has 1 aromatic heterocycles. The summed E-state index contributed by atoms with van der Waals surface area (Å²) in [4.78, 5) is 11.2. The highest BCUT2D eigenvalue weighted by atomic mass is 79.9. The van der Waals surface area contributed by atoms with Crippen LogP contribution in [0.15, 0.2) is 46.0 Å². The van der Waals surface area contributed by atoms with Gasteiger partial charge >= 0.3 is 0 Å². The molecule has 0 bridgehead atoms. The number of benzene rings is 2. The fraction of sp³-hybridized carbons (Fsp3) is 0.222. The van der Waals surface area contributed by atoms with E-state index in [9.17, 15) is 10.0 Å². The van der Waals surface area contributed by atoms with Crippen LogP contribution in [0.3, 0.4) is 0 Å². The fourth-order valence-corrected chi connectivity index (χ4v) is 3.49. The van der Waals surface area contributed by atoms with E-state index >= 15 is 0 Å². The third-order valence-corrected chi connectivity index (χ3v) is 4.38. The number of fused-ring (bicyclic) bond motifs is 1.